The van der Waals surface area contributed by atoms with Crippen molar-refractivity contribution in [2.24, 2.45) is 7.05 Å². The molecule has 1 heterocycles. The van der Waals surface area contributed by atoms with E-state index in [-0.39, 0.29) is 0 Å². The van der Waals surface area contributed by atoms with Crippen LogP contribution in [0.1, 0.15) is 24.5 Å². The monoisotopic (exact) mass is 151 g/mol. The normalized spacial score (nSPS) is 16.9. The summed E-state index contributed by atoms with van der Waals surface area (Å²) in [6.45, 7) is 0. The number of aromatic nitrogens is 2. The van der Waals surface area contributed by atoms with E-state index in [1.54, 1.807) is 0 Å². The fourth-order valence-corrected chi connectivity index (χ4v) is 1.30. The van der Waals surface area contributed by atoms with Gasteiger partial charge in [0, 0.05) is 26.1 Å². The molecule has 0 unspecified atom stereocenters. The Hall–Kier alpha value is -0.990. The minimum Gasteiger partial charge on any atom is -0.373 e. The van der Waals surface area contributed by atoms with Crippen molar-refractivity contribution in [1.82, 2.24) is 9.78 Å². The Morgan fingerprint density at radius 3 is 2.82 bits per heavy atom. The summed E-state index contributed by atoms with van der Waals surface area (Å²) in [6, 6.07) is 2.14. The van der Waals surface area contributed by atoms with Crippen LogP contribution in [0.4, 0.5) is 5.82 Å². The Morgan fingerprint density at radius 2 is 2.36 bits per heavy atom. The largest absolute Gasteiger partial charge is 0.373 e. The highest BCUT2D eigenvalue weighted by atomic mass is 15.3. The average molecular weight is 151 g/mol. The summed E-state index contributed by atoms with van der Waals surface area (Å²) >= 11 is 0. The van der Waals surface area contributed by atoms with Crippen LogP contribution in [-0.4, -0.2) is 16.8 Å². The molecule has 1 saturated carbocycles. The molecule has 0 aliphatic heterocycles. The maximum absolute atomic E-state index is 4.40. The average Bonchev–Trinajstić information content (AvgIpc) is 2.76. The second kappa shape index (κ2) is 2.26. The van der Waals surface area contributed by atoms with E-state index in [2.05, 4.69) is 16.5 Å². The molecular formula is C8H13N3. The van der Waals surface area contributed by atoms with Crippen molar-refractivity contribution < 1.29 is 0 Å². The van der Waals surface area contributed by atoms with Crippen LogP contribution in [0, 0.1) is 0 Å². The summed E-state index contributed by atoms with van der Waals surface area (Å²) in [4.78, 5) is 0. The number of nitrogens with one attached hydrogen (secondary N) is 1. The minimum absolute atomic E-state index is 0.753. The van der Waals surface area contributed by atoms with Gasteiger partial charge in [0.15, 0.2) is 0 Å². The maximum Gasteiger partial charge on any atom is 0.123 e. The Bertz CT molecular complexity index is 260. The first-order valence-electron chi connectivity index (χ1n) is 4.03. The molecule has 1 N–H and O–H groups in total. The molecule has 3 nitrogen and oxygen atoms in total. The molecule has 1 fully saturated rings. The minimum atomic E-state index is 0.753. The summed E-state index contributed by atoms with van der Waals surface area (Å²) < 4.78 is 1.90. The molecule has 0 aromatic carbocycles. The van der Waals surface area contributed by atoms with Crippen LogP contribution in [0.15, 0.2) is 6.07 Å². The molecule has 1 aliphatic rings. The summed E-state index contributed by atoms with van der Waals surface area (Å²) in [7, 11) is 3.89. The van der Waals surface area contributed by atoms with Crippen molar-refractivity contribution in [1.29, 1.82) is 0 Å². The van der Waals surface area contributed by atoms with Crippen molar-refractivity contribution in [3.63, 3.8) is 0 Å². The van der Waals surface area contributed by atoms with E-state index in [0.717, 1.165) is 11.7 Å². The topological polar surface area (TPSA) is 29.9 Å². The number of rotatable bonds is 2. The van der Waals surface area contributed by atoms with Gasteiger partial charge in [-0.3, -0.25) is 4.68 Å². The first kappa shape index (κ1) is 6.70. The van der Waals surface area contributed by atoms with Gasteiger partial charge in [-0.05, 0) is 12.8 Å². The fraction of sp³-hybridized carbons (Fsp3) is 0.625. The van der Waals surface area contributed by atoms with Gasteiger partial charge >= 0.3 is 0 Å². The second-order valence-electron chi connectivity index (χ2n) is 3.10. The third kappa shape index (κ3) is 1.11. The van der Waals surface area contributed by atoms with Crippen molar-refractivity contribution in [2.45, 2.75) is 18.8 Å². The highest BCUT2D eigenvalue weighted by Crippen LogP contribution is 2.39. The van der Waals surface area contributed by atoms with E-state index in [1.165, 1.54) is 18.5 Å². The first-order chi connectivity index (χ1) is 5.31. The van der Waals surface area contributed by atoms with E-state index < -0.39 is 0 Å². The Kier molecular flexibility index (Phi) is 1.37. The number of nitrogens with zero attached hydrogens (tertiary/aromatic N) is 2. The first-order valence-corrected chi connectivity index (χ1v) is 4.03. The zero-order chi connectivity index (χ0) is 7.84. The van der Waals surface area contributed by atoms with Crippen LogP contribution < -0.4 is 5.32 Å². The molecule has 0 saturated heterocycles. The molecule has 60 valence electrons. The fourth-order valence-electron chi connectivity index (χ4n) is 1.30. The van der Waals surface area contributed by atoms with E-state index in [0.29, 0.717) is 0 Å². The molecule has 0 amide bonds. The van der Waals surface area contributed by atoms with Gasteiger partial charge in [0.1, 0.15) is 5.82 Å². The number of hydrogen-bond donors (Lipinski definition) is 1. The van der Waals surface area contributed by atoms with Crippen LogP contribution in [-0.2, 0) is 7.05 Å². The number of anilines is 1. The zero-order valence-electron chi connectivity index (χ0n) is 6.96. The smallest absolute Gasteiger partial charge is 0.123 e. The predicted octanol–water partition coefficient (Wildman–Crippen LogP) is 1.34. The van der Waals surface area contributed by atoms with Gasteiger partial charge in [0.25, 0.3) is 0 Å². The lowest BCUT2D eigenvalue weighted by Gasteiger charge is -1.96. The van der Waals surface area contributed by atoms with Crippen LogP contribution in [0.25, 0.3) is 0 Å². The summed E-state index contributed by atoms with van der Waals surface area (Å²) in [6.07, 6.45) is 2.64. The Morgan fingerprint density at radius 1 is 1.64 bits per heavy atom. The van der Waals surface area contributed by atoms with E-state index in [9.17, 15) is 0 Å². The van der Waals surface area contributed by atoms with Gasteiger partial charge in [-0.25, -0.2) is 0 Å². The molecule has 1 aromatic heterocycles. The van der Waals surface area contributed by atoms with E-state index in [4.69, 9.17) is 0 Å². The van der Waals surface area contributed by atoms with Crippen molar-refractivity contribution in [2.75, 3.05) is 12.4 Å². The molecule has 0 radical (unpaired) electrons. The second-order valence-corrected chi connectivity index (χ2v) is 3.10. The molecule has 3 heteroatoms. The molecule has 1 aliphatic carbocycles. The van der Waals surface area contributed by atoms with Crippen LogP contribution in [0.2, 0.25) is 0 Å². The summed E-state index contributed by atoms with van der Waals surface area (Å²) in [5.41, 5.74) is 1.25. The molecular weight excluding hydrogens is 138 g/mol. The number of hydrogen-bond acceptors (Lipinski definition) is 2. The third-order valence-electron chi connectivity index (χ3n) is 2.15. The lowest BCUT2D eigenvalue weighted by atomic mass is 10.3. The number of aryl methyl sites for hydroxylation is 1. The summed E-state index contributed by atoms with van der Waals surface area (Å²) in [5, 5.41) is 7.50. The van der Waals surface area contributed by atoms with Crippen LogP contribution in [0.5, 0.6) is 0 Å². The third-order valence-corrected chi connectivity index (χ3v) is 2.15. The molecule has 11 heavy (non-hydrogen) atoms. The molecule has 0 atom stereocenters. The van der Waals surface area contributed by atoms with Gasteiger partial charge in [-0.2, -0.15) is 5.10 Å². The lowest BCUT2D eigenvalue weighted by molar-refractivity contribution is 0.750. The summed E-state index contributed by atoms with van der Waals surface area (Å²) in [5.74, 6) is 1.86. The van der Waals surface area contributed by atoms with Gasteiger partial charge in [0.2, 0.25) is 0 Å². The van der Waals surface area contributed by atoms with Crippen molar-refractivity contribution in [3.8, 4) is 0 Å². The predicted molar refractivity (Wildman–Crippen MR) is 44.7 cm³/mol. The van der Waals surface area contributed by atoms with Gasteiger partial charge < -0.3 is 5.32 Å². The molecule has 1 aromatic rings. The van der Waals surface area contributed by atoms with Crippen molar-refractivity contribution in [3.05, 3.63) is 11.8 Å². The standard InChI is InChI=1S/C8H13N3/c1-9-8-5-7(6-3-4-6)10-11(8)2/h5-6,9H,3-4H2,1-2H3. The van der Waals surface area contributed by atoms with Crippen LogP contribution in [0.3, 0.4) is 0 Å². The molecule has 2 rings (SSSR count). The van der Waals surface area contributed by atoms with E-state index >= 15 is 0 Å². The molecule has 0 spiro atoms. The highest BCUT2D eigenvalue weighted by Gasteiger charge is 2.26. The quantitative estimate of drug-likeness (QED) is 0.691. The van der Waals surface area contributed by atoms with Gasteiger partial charge in [-0.1, -0.05) is 0 Å². The van der Waals surface area contributed by atoms with Crippen molar-refractivity contribution >= 4 is 5.82 Å². The van der Waals surface area contributed by atoms with Crippen LogP contribution >= 0.6 is 0 Å². The highest BCUT2D eigenvalue weighted by molar-refractivity contribution is 5.38. The zero-order valence-corrected chi connectivity index (χ0v) is 6.96. The van der Waals surface area contributed by atoms with Gasteiger partial charge in [0.05, 0.1) is 5.69 Å². The molecule has 0 bridgehead atoms. The Balaban J connectivity index is 2.28. The maximum atomic E-state index is 4.40. The lowest BCUT2D eigenvalue weighted by Crippen LogP contribution is -1.97. The Labute approximate surface area is 66.4 Å². The SMILES string of the molecule is CNc1cc(C2CC2)nn1C. The van der Waals surface area contributed by atoms with Gasteiger partial charge in [-0.15, -0.1) is 0 Å². The van der Waals surface area contributed by atoms with E-state index in [1.807, 2.05) is 18.8 Å².